The van der Waals surface area contributed by atoms with Crippen molar-refractivity contribution >= 4 is 5.91 Å². The first kappa shape index (κ1) is 10.7. The lowest BCUT2D eigenvalue weighted by atomic mass is 9.94. The normalized spacial score (nSPS) is 12.4. The molecule has 1 aromatic rings. The summed E-state index contributed by atoms with van der Waals surface area (Å²) in [5.41, 5.74) is 6.21. The van der Waals surface area contributed by atoms with Gasteiger partial charge >= 0.3 is 0 Å². The Bertz CT molecular complexity index is 285. The molecule has 1 rings (SSSR count). The molecule has 3 heteroatoms. The maximum atomic E-state index is 11.1. The van der Waals surface area contributed by atoms with E-state index in [-0.39, 0.29) is 18.4 Å². The second-order valence-electron chi connectivity index (χ2n) is 3.23. The van der Waals surface area contributed by atoms with E-state index in [4.69, 9.17) is 10.8 Å². The lowest BCUT2D eigenvalue weighted by Crippen LogP contribution is -2.21. The van der Waals surface area contributed by atoms with E-state index < -0.39 is 0 Å². The van der Waals surface area contributed by atoms with Crippen molar-refractivity contribution in [2.45, 2.75) is 18.8 Å². The van der Waals surface area contributed by atoms with Gasteiger partial charge in [-0.25, -0.2) is 0 Å². The summed E-state index contributed by atoms with van der Waals surface area (Å²) >= 11 is 0. The Hall–Kier alpha value is -1.35. The number of carbonyl (C=O) groups is 1. The highest BCUT2D eigenvalue weighted by atomic mass is 16.2. The molecule has 3 nitrogen and oxygen atoms in total. The predicted molar refractivity (Wildman–Crippen MR) is 54.7 cm³/mol. The van der Waals surface area contributed by atoms with Crippen molar-refractivity contribution in [3.63, 3.8) is 0 Å². The van der Waals surface area contributed by atoms with Gasteiger partial charge < -0.3 is 10.8 Å². The zero-order chi connectivity index (χ0) is 10.4. The third-order valence-corrected chi connectivity index (χ3v) is 2.20. The van der Waals surface area contributed by atoms with Gasteiger partial charge in [-0.2, -0.15) is 0 Å². The fourth-order valence-corrected chi connectivity index (χ4v) is 1.45. The van der Waals surface area contributed by atoms with Crippen LogP contribution >= 0.6 is 0 Å². The topological polar surface area (TPSA) is 63.3 Å². The molecule has 1 aromatic carbocycles. The van der Waals surface area contributed by atoms with Crippen LogP contribution in [0.1, 0.15) is 24.3 Å². The monoisotopic (exact) mass is 193 g/mol. The van der Waals surface area contributed by atoms with Crippen LogP contribution in [0.3, 0.4) is 0 Å². The SMILES string of the molecule is NC(=O)C(CCCO)c1ccccc1. The molecule has 1 unspecified atom stereocenters. The molecule has 0 radical (unpaired) electrons. The van der Waals surface area contributed by atoms with Crippen molar-refractivity contribution in [3.05, 3.63) is 35.9 Å². The number of nitrogens with two attached hydrogens (primary N) is 1. The summed E-state index contributed by atoms with van der Waals surface area (Å²) in [6, 6.07) is 9.42. The predicted octanol–water partition coefficient (Wildman–Crippen LogP) is 1.03. The molecule has 0 bridgehead atoms. The Morgan fingerprint density at radius 1 is 1.36 bits per heavy atom. The summed E-state index contributed by atoms with van der Waals surface area (Å²) in [5.74, 6) is -0.604. The molecule has 0 heterocycles. The highest BCUT2D eigenvalue weighted by Crippen LogP contribution is 2.20. The molecular formula is C11H15NO2. The van der Waals surface area contributed by atoms with Gasteiger partial charge in [0.25, 0.3) is 0 Å². The van der Waals surface area contributed by atoms with Crippen molar-refractivity contribution in [1.29, 1.82) is 0 Å². The Morgan fingerprint density at radius 3 is 2.50 bits per heavy atom. The lowest BCUT2D eigenvalue weighted by molar-refractivity contribution is -0.119. The number of carbonyl (C=O) groups excluding carboxylic acids is 1. The van der Waals surface area contributed by atoms with Gasteiger partial charge in [0.05, 0.1) is 5.92 Å². The van der Waals surface area contributed by atoms with Crippen molar-refractivity contribution in [2.75, 3.05) is 6.61 Å². The lowest BCUT2D eigenvalue weighted by Gasteiger charge is -2.12. The second kappa shape index (κ2) is 5.40. The van der Waals surface area contributed by atoms with E-state index in [1.54, 1.807) is 0 Å². The van der Waals surface area contributed by atoms with Crippen LogP contribution in [0, 0.1) is 0 Å². The molecule has 0 saturated carbocycles. The molecule has 14 heavy (non-hydrogen) atoms. The molecule has 76 valence electrons. The van der Waals surface area contributed by atoms with Crippen LogP contribution in [0.5, 0.6) is 0 Å². The molecule has 0 saturated heterocycles. The van der Waals surface area contributed by atoms with E-state index in [0.29, 0.717) is 12.8 Å². The molecule has 1 atom stereocenters. The molecule has 1 amide bonds. The van der Waals surface area contributed by atoms with E-state index in [9.17, 15) is 4.79 Å². The molecule has 0 fully saturated rings. The highest BCUT2D eigenvalue weighted by Gasteiger charge is 2.16. The first-order chi connectivity index (χ1) is 6.75. The van der Waals surface area contributed by atoms with E-state index in [1.165, 1.54) is 0 Å². The number of hydrogen-bond donors (Lipinski definition) is 2. The van der Waals surface area contributed by atoms with Gasteiger partial charge in [0.2, 0.25) is 5.91 Å². The van der Waals surface area contributed by atoms with Crippen LogP contribution < -0.4 is 5.73 Å². The summed E-state index contributed by atoms with van der Waals surface area (Å²) in [6.45, 7) is 0.0939. The largest absolute Gasteiger partial charge is 0.396 e. The van der Waals surface area contributed by atoms with Gasteiger partial charge in [0.1, 0.15) is 0 Å². The Morgan fingerprint density at radius 2 is 2.00 bits per heavy atom. The standard InChI is InChI=1S/C11H15NO2/c12-11(14)10(7-4-8-13)9-5-2-1-3-6-9/h1-3,5-6,10,13H,4,7-8H2,(H2,12,14). The van der Waals surface area contributed by atoms with E-state index >= 15 is 0 Å². The summed E-state index contributed by atoms with van der Waals surface area (Å²) in [7, 11) is 0. The van der Waals surface area contributed by atoms with E-state index in [2.05, 4.69) is 0 Å². The minimum absolute atomic E-state index is 0.0939. The zero-order valence-corrected chi connectivity index (χ0v) is 8.02. The number of amides is 1. The number of aliphatic hydroxyl groups is 1. The third kappa shape index (κ3) is 2.85. The summed E-state index contributed by atoms with van der Waals surface area (Å²) in [5, 5.41) is 8.69. The number of benzene rings is 1. The van der Waals surface area contributed by atoms with Crippen LogP contribution in [0.25, 0.3) is 0 Å². The Labute approximate surface area is 83.6 Å². The summed E-state index contributed by atoms with van der Waals surface area (Å²) in [6.07, 6.45) is 1.21. The highest BCUT2D eigenvalue weighted by molar-refractivity contribution is 5.81. The van der Waals surface area contributed by atoms with Crippen molar-refractivity contribution in [3.8, 4) is 0 Å². The second-order valence-corrected chi connectivity index (χ2v) is 3.23. The van der Waals surface area contributed by atoms with Crippen LogP contribution in [0.15, 0.2) is 30.3 Å². The molecular weight excluding hydrogens is 178 g/mol. The van der Waals surface area contributed by atoms with Gasteiger partial charge in [-0.15, -0.1) is 0 Å². The number of aliphatic hydroxyl groups excluding tert-OH is 1. The summed E-state index contributed by atoms with van der Waals surface area (Å²) in [4.78, 5) is 11.1. The van der Waals surface area contributed by atoms with Gasteiger partial charge in [-0.1, -0.05) is 30.3 Å². The van der Waals surface area contributed by atoms with E-state index in [0.717, 1.165) is 5.56 Å². The maximum Gasteiger partial charge on any atom is 0.224 e. The van der Waals surface area contributed by atoms with Crippen LogP contribution in [0.4, 0.5) is 0 Å². The first-order valence-corrected chi connectivity index (χ1v) is 4.71. The fraction of sp³-hybridized carbons (Fsp3) is 0.364. The van der Waals surface area contributed by atoms with Gasteiger partial charge in [-0.3, -0.25) is 4.79 Å². The minimum Gasteiger partial charge on any atom is -0.396 e. The third-order valence-electron chi connectivity index (χ3n) is 2.20. The zero-order valence-electron chi connectivity index (χ0n) is 8.02. The Kier molecular flexibility index (Phi) is 4.13. The number of hydrogen-bond acceptors (Lipinski definition) is 2. The smallest absolute Gasteiger partial charge is 0.224 e. The fourth-order valence-electron chi connectivity index (χ4n) is 1.45. The van der Waals surface area contributed by atoms with Gasteiger partial charge in [0.15, 0.2) is 0 Å². The van der Waals surface area contributed by atoms with Crippen LogP contribution in [-0.4, -0.2) is 17.6 Å². The molecule has 0 spiro atoms. The summed E-state index contributed by atoms with van der Waals surface area (Å²) < 4.78 is 0. The van der Waals surface area contributed by atoms with Gasteiger partial charge in [0, 0.05) is 6.61 Å². The van der Waals surface area contributed by atoms with Gasteiger partial charge in [-0.05, 0) is 18.4 Å². The van der Waals surface area contributed by atoms with E-state index in [1.807, 2.05) is 30.3 Å². The maximum absolute atomic E-state index is 11.1. The van der Waals surface area contributed by atoms with Crippen molar-refractivity contribution in [1.82, 2.24) is 0 Å². The van der Waals surface area contributed by atoms with Crippen LogP contribution in [0.2, 0.25) is 0 Å². The first-order valence-electron chi connectivity index (χ1n) is 4.71. The molecule has 0 aliphatic heterocycles. The molecule has 0 aliphatic carbocycles. The average molecular weight is 193 g/mol. The molecule has 3 N–H and O–H groups in total. The molecule has 0 aromatic heterocycles. The Balaban J connectivity index is 2.73. The average Bonchev–Trinajstić information content (AvgIpc) is 2.19. The number of primary amides is 1. The van der Waals surface area contributed by atoms with Crippen molar-refractivity contribution in [2.24, 2.45) is 5.73 Å². The van der Waals surface area contributed by atoms with Crippen molar-refractivity contribution < 1.29 is 9.90 Å². The van der Waals surface area contributed by atoms with Crippen LogP contribution in [-0.2, 0) is 4.79 Å². The quantitative estimate of drug-likeness (QED) is 0.733. The molecule has 0 aliphatic rings. The minimum atomic E-state index is -0.329. The number of rotatable bonds is 5.